The van der Waals surface area contributed by atoms with Crippen LogP contribution in [0.4, 0.5) is 5.82 Å². The molecule has 0 aromatic carbocycles. The van der Waals surface area contributed by atoms with E-state index in [1.807, 2.05) is 30.5 Å². The number of pyridine rings is 1. The fourth-order valence-electron chi connectivity index (χ4n) is 2.70. The molecule has 3 nitrogen and oxygen atoms in total. The van der Waals surface area contributed by atoms with Crippen LogP contribution in [0.2, 0.25) is 0 Å². The number of nitrogens with two attached hydrogens (primary N) is 1. The molecule has 2 atom stereocenters. The van der Waals surface area contributed by atoms with Crippen LogP contribution < -0.4 is 10.6 Å². The third-order valence-corrected chi connectivity index (χ3v) is 4.86. The van der Waals surface area contributed by atoms with Gasteiger partial charge in [0.25, 0.3) is 0 Å². The van der Waals surface area contributed by atoms with E-state index >= 15 is 0 Å². The topological polar surface area (TPSA) is 42.1 Å². The lowest BCUT2D eigenvalue weighted by molar-refractivity contribution is 0.624. The van der Waals surface area contributed by atoms with Crippen molar-refractivity contribution in [3.8, 4) is 0 Å². The van der Waals surface area contributed by atoms with E-state index in [1.54, 1.807) is 0 Å². The molecule has 0 saturated carbocycles. The molecule has 2 N–H and O–H groups in total. The largest absolute Gasteiger partial charge is 0.349 e. The molecule has 2 aromatic heterocycles. The average Bonchev–Trinajstić information content (AvgIpc) is 2.88. The third kappa shape index (κ3) is 2.26. The molecule has 0 fully saturated rings. The monoisotopic (exact) mass is 273 g/mol. The molecular weight excluding hydrogens is 254 g/mol. The molecule has 1 aliphatic rings. The van der Waals surface area contributed by atoms with E-state index in [4.69, 9.17) is 5.73 Å². The van der Waals surface area contributed by atoms with Crippen LogP contribution in [0.3, 0.4) is 0 Å². The maximum absolute atomic E-state index is 5.96. The number of fused-ring (bicyclic) bond motifs is 1. The van der Waals surface area contributed by atoms with Gasteiger partial charge in [-0.15, -0.1) is 11.3 Å². The predicted octanol–water partition coefficient (Wildman–Crippen LogP) is 3.29. The van der Waals surface area contributed by atoms with Crippen molar-refractivity contribution in [1.82, 2.24) is 4.98 Å². The Labute approximate surface area is 118 Å². The highest BCUT2D eigenvalue weighted by atomic mass is 32.1. The maximum atomic E-state index is 5.96. The second-order valence-corrected chi connectivity index (χ2v) is 6.16. The van der Waals surface area contributed by atoms with Gasteiger partial charge in [-0.05, 0) is 55.0 Å². The summed E-state index contributed by atoms with van der Waals surface area (Å²) >= 11 is 1.87. The fraction of sp³-hybridized carbons (Fsp3) is 0.400. The molecule has 2 aromatic rings. The fourth-order valence-corrected chi connectivity index (χ4v) is 3.66. The molecule has 0 radical (unpaired) electrons. The summed E-state index contributed by atoms with van der Waals surface area (Å²) in [5.74, 6) is 1.04. The zero-order chi connectivity index (χ0) is 13.4. The second kappa shape index (κ2) is 4.94. The van der Waals surface area contributed by atoms with Gasteiger partial charge in [0, 0.05) is 23.7 Å². The lowest BCUT2D eigenvalue weighted by Gasteiger charge is -2.34. The van der Waals surface area contributed by atoms with E-state index in [0.717, 1.165) is 24.3 Å². The Hall–Kier alpha value is -1.39. The minimum absolute atomic E-state index is 0.0542. The Kier molecular flexibility index (Phi) is 3.29. The summed E-state index contributed by atoms with van der Waals surface area (Å²) in [5.41, 5.74) is 8.56. The highest BCUT2D eigenvalue weighted by Crippen LogP contribution is 2.35. The van der Waals surface area contributed by atoms with Crippen molar-refractivity contribution >= 4 is 17.2 Å². The molecule has 0 aliphatic carbocycles. The van der Waals surface area contributed by atoms with Crippen molar-refractivity contribution in [2.24, 2.45) is 5.73 Å². The predicted molar refractivity (Wildman–Crippen MR) is 80.6 cm³/mol. The Balaban J connectivity index is 1.93. The van der Waals surface area contributed by atoms with Crippen LogP contribution in [-0.2, 0) is 6.42 Å². The summed E-state index contributed by atoms with van der Waals surface area (Å²) in [5, 5.41) is 2.19. The van der Waals surface area contributed by atoms with Crippen LogP contribution in [0.25, 0.3) is 0 Å². The summed E-state index contributed by atoms with van der Waals surface area (Å²) in [6.07, 6.45) is 2.98. The molecule has 4 heteroatoms. The number of nitrogens with zero attached hydrogens (tertiary/aromatic N) is 2. The number of rotatable bonds is 2. The molecule has 0 bridgehead atoms. The molecule has 0 spiro atoms. The lowest BCUT2D eigenvalue weighted by atomic mass is 10.0. The molecule has 0 saturated heterocycles. The summed E-state index contributed by atoms with van der Waals surface area (Å²) < 4.78 is 0. The first-order valence-electron chi connectivity index (χ1n) is 6.71. The van der Waals surface area contributed by atoms with Crippen molar-refractivity contribution in [1.29, 1.82) is 0 Å². The number of hydrogen-bond acceptors (Lipinski definition) is 4. The highest BCUT2D eigenvalue weighted by Gasteiger charge is 2.25. The van der Waals surface area contributed by atoms with Crippen LogP contribution in [0.5, 0.6) is 0 Å². The third-order valence-electron chi connectivity index (χ3n) is 3.87. The molecule has 0 amide bonds. The quantitative estimate of drug-likeness (QED) is 0.913. The minimum Gasteiger partial charge on any atom is -0.349 e. The van der Waals surface area contributed by atoms with Gasteiger partial charge in [-0.3, -0.25) is 0 Å². The molecular formula is C15H19N3S. The summed E-state index contributed by atoms with van der Waals surface area (Å²) in [4.78, 5) is 8.42. The van der Waals surface area contributed by atoms with Gasteiger partial charge in [0.2, 0.25) is 0 Å². The van der Waals surface area contributed by atoms with Crippen LogP contribution in [0.15, 0.2) is 29.8 Å². The van der Waals surface area contributed by atoms with Crippen molar-refractivity contribution < 1.29 is 0 Å². The van der Waals surface area contributed by atoms with Crippen LogP contribution in [0.1, 0.15) is 41.9 Å². The Bertz CT molecular complexity index is 576. The van der Waals surface area contributed by atoms with E-state index in [2.05, 4.69) is 34.3 Å². The van der Waals surface area contributed by atoms with Gasteiger partial charge in [0.1, 0.15) is 5.82 Å². The molecule has 3 rings (SSSR count). The standard InChI is InChI=1S/C15H19N3S/c1-10(16)12-3-6-17-15(9-12)18-7-4-14-13(11(18)2)5-8-19-14/h3,5-6,8-11H,4,7,16H2,1-2H3/t10-,11?/m1/s1. The van der Waals surface area contributed by atoms with E-state index < -0.39 is 0 Å². The molecule has 3 heterocycles. The zero-order valence-electron chi connectivity index (χ0n) is 11.3. The zero-order valence-corrected chi connectivity index (χ0v) is 12.2. The van der Waals surface area contributed by atoms with Gasteiger partial charge < -0.3 is 10.6 Å². The van der Waals surface area contributed by atoms with Crippen LogP contribution in [0, 0.1) is 0 Å². The SMILES string of the molecule is CC1c2ccsc2CCN1c1cc([C@@H](C)N)ccn1. The van der Waals surface area contributed by atoms with Gasteiger partial charge in [-0.2, -0.15) is 0 Å². The maximum Gasteiger partial charge on any atom is 0.129 e. The highest BCUT2D eigenvalue weighted by molar-refractivity contribution is 7.10. The first kappa shape index (κ1) is 12.6. The van der Waals surface area contributed by atoms with Crippen molar-refractivity contribution in [2.45, 2.75) is 32.4 Å². The molecule has 100 valence electrons. The summed E-state index contributed by atoms with van der Waals surface area (Å²) in [6, 6.07) is 6.81. The molecule has 1 unspecified atom stereocenters. The van der Waals surface area contributed by atoms with Crippen molar-refractivity contribution in [3.63, 3.8) is 0 Å². The average molecular weight is 273 g/mol. The summed E-state index contributed by atoms with van der Waals surface area (Å²) in [6.45, 7) is 5.30. The van der Waals surface area contributed by atoms with E-state index in [0.29, 0.717) is 6.04 Å². The molecule has 19 heavy (non-hydrogen) atoms. The van der Waals surface area contributed by atoms with Gasteiger partial charge in [0.05, 0.1) is 6.04 Å². The number of anilines is 1. The van der Waals surface area contributed by atoms with Gasteiger partial charge >= 0.3 is 0 Å². The minimum atomic E-state index is 0.0542. The first-order valence-corrected chi connectivity index (χ1v) is 7.59. The number of aromatic nitrogens is 1. The van der Waals surface area contributed by atoms with Crippen LogP contribution in [-0.4, -0.2) is 11.5 Å². The summed E-state index contributed by atoms with van der Waals surface area (Å²) in [7, 11) is 0. The number of thiophene rings is 1. The number of hydrogen-bond donors (Lipinski definition) is 1. The van der Waals surface area contributed by atoms with E-state index in [9.17, 15) is 0 Å². The Morgan fingerprint density at radius 2 is 2.32 bits per heavy atom. The molecule has 1 aliphatic heterocycles. The second-order valence-electron chi connectivity index (χ2n) is 5.15. The van der Waals surface area contributed by atoms with Crippen molar-refractivity contribution in [2.75, 3.05) is 11.4 Å². The van der Waals surface area contributed by atoms with Crippen LogP contribution >= 0.6 is 11.3 Å². The Morgan fingerprint density at radius 3 is 3.11 bits per heavy atom. The van der Waals surface area contributed by atoms with Gasteiger partial charge in [-0.25, -0.2) is 4.98 Å². The van der Waals surface area contributed by atoms with Gasteiger partial charge in [-0.1, -0.05) is 0 Å². The Morgan fingerprint density at radius 1 is 1.47 bits per heavy atom. The lowest BCUT2D eigenvalue weighted by Crippen LogP contribution is -2.33. The van der Waals surface area contributed by atoms with Gasteiger partial charge in [0.15, 0.2) is 0 Å². The van der Waals surface area contributed by atoms with E-state index in [1.165, 1.54) is 10.4 Å². The first-order chi connectivity index (χ1) is 9.16. The van der Waals surface area contributed by atoms with E-state index in [-0.39, 0.29) is 6.04 Å². The smallest absolute Gasteiger partial charge is 0.129 e. The normalized spacial score (nSPS) is 20.2. The van der Waals surface area contributed by atoms with Crippen molar-refractivity contribution in [3.05, 3.63) is 45.8 Å².